The van der Waals surface area contributed by atoms with Crippen LogP contribution in [0.1, 0.15) is 12.5 Å². The summed E-state index contributed by atoms with van der Waals surface area (Å²) in [5.74, 6) is -0.408. The molecule has 0 aliphatic rings. The van der Waals surface area contributed by atoms with E-state index in [4.69, 9.17) is 32.7 Å². The summed E-state index contributed by atoms with van der Waals surface area (Å²) in [7, 11) is 1.56. The topological polar surface area (TPSA) is 64.6 Å². The highest BCUT2D eigenvalue weighted by molar-refractivity contribution is 6.42. The maximum Gasteiger partial charge on any atom is 0.331 e. The van der Waals surface area contributed by atoms with Crippen LogP contribution in [-0.4, -0.2) is 25.1 Å². The SMILES string of the molecule is COc1ccc(NC(=O)[C@@H](C)OC(=O)/C=C/c2ccc(Cl)c(Cl)c2)cc1. The van der Waals surface area contributed by atoms with Gasteiger partial charge in [0.05, 0.1) is 17.2 Å². The first kappa shape index (κ1) is 19.8. The maximum atomic E-state index is 12.1. The number of benzene rings is 2. The van der Waals surface area contributed by atoms with E-state index in [1.807, 2.05) is 0 Å². The molecule has 0 aliphatic carbocycles. The van der Waals surface area contributed by atoms with Gasteiger partial charge in [0.25, 0.3) is 5.91 Å². The van der Waals surface area contributed by atoms with E-state index in [9.17, 15) is 9.59 Å². The number of carbonyl (C=O) groups excluding carboxylic acids is 2. The van der Waals surface area contributed by atoms with E-state index in [1.165, 1.54) is 19.1 Å². The third-order valence-electron chi connectivity index (χ3n) is 3.38. The predicted molar refractivity (Wildman–Crippen MR) is 103 cm³/mol. The first-order valence-corrected chi connectivity index (χ1v) is 8.43. The van der Waals surface area contributed by atoms with E-state index in [2.05, 4.69) is 5.32 Å². The highest BCUT2D eigenvalue weighted by Gasteiger charge is 2.16. The average molecular weight is 394 g/mol. The van der Waals surface area contributed by atoms with Crippen molar-refractivity contribution >= 4 is 46.8 Å². The number of ether oxygens (including phenoxy) is 2. The lowest BCUT2D eigenvalue weighted by Crippen LogP contribution is -2.29. The van der Waals surface area contributed by atoms with Gasteiger partial charge in [-0.15, -0.1) is 0 Å². The number of hydrogen-bond donors (Lipinski definition) is 1. The Morgan fingerprint density at radius 2 is 1.77 bits per heavy atom. The van der Waals surface area contributed by atoms with Crippen molar-refractivity contribution in [3.8, 4) is 5.75 Å². The molecule has 0 heterocycles. The number of esters is 1. The Balaban J connectivity index is 1.89. The van der Waals surface area contributed by atoms with Crippen molar-refractivity contribution in [1.82, 2.24) is 0 Å². The van der Waals surface area contributed by atoms with Gasteiger partial charge in [-0.1, -0.05) is 29.3 Å². The molecule has 0 radical (unpaired) electrons. The fourth-order valence-electron chi connectivity index (χ4n) is 1.97. The largest absolute Gasteiger partial charge is 0.497 e. The zero-order chi connectivity index (χ0) is 19.1. The highest BCUT2D eigenvalue weighted by Crippen LogP contribution is 2.23. The molecule has 2 aromatic carbocycles. The molecule has 0 saturated heterocycles. The summed E-state index contributed by atoms with van der Waals surface area (Å²) >= 11 is 11.7. The maximum absolute atomic E-state index is 12.1. The first-order valence-electron chi connectivity index (χ1n) is 7.67. The fourth-order valence-corrected chi connectivity index (χ4v) is 2.27. The van der Waals surface area contributed by atoms with Gasteiger partial charge in [0.1, 0.15) is 5.75 Å². The van der Waals surface area contributed by atoms with Crippen LogP contribution in [0.2, 0.25) is 10.0 Å². The van der Waals surface area contributed by atoms with Crippen molar-refractivity contribution in [3.63, 3.8) is 0 Å². The smallest absolute Gasteiger partial charge is 0.331 e. The summed E-state index contributed by atoms with van der Waals surface area (Å²) in [5, 5.41) is 3.47. The summed E-state index contributed by atoms with van der Waals surface area (Å²) in [6.45, 7) is 1.49. The number of amides is 1. The minimum atomic E-state index is -0.956. The van der Waals surface area contributed by atoms with Crippen molar-refractivity contribution in [3.05, 3.63) is 64.1 Å². The van der Waals surface area contributed by atoms with Crippen molar-refractivity contribution < 1.29 is 19.1 Å². The van der Waals surface area contributed by atoms with Gasteiger partial charge in [-0.05, 0) is 55.0 Å². The second-order valence-electron chi connectivity index (χ2n) is 5.30. The van der Waals surface area contributed by atoms with Crippen molar-refractivity contribution in [2.24, 2.45) is 0 Å². The van der Waals surface area contributed by atoms with E-state index in [0.717, 1.165) is 0 Å². The summed E-state index contributed by atoms with van der Waals surface area (Å²) in [6.07, 6.45) is 1.79. The van der Waals surface area contributed by atoms with Crippen LogP contribution in [0.15, 0.2) is 48.5 Å². The Kier molecular flexibility index (Phi) is 7.06. The highest BCUT2D eigenvalue weighted by atomic mass is 35.5. The van der Waals surface area contributed by atoms with Crippen LogP contribution in [0.4, 0.5) is 5.69 Å². The molecule has 2 aromatic rings. The van der Waals surface area contributed by atoms with Gasteiger partial charge in [-0.3, -0.25) is 4.79 Å². The monoisotopic (exact) mass is 393 g/mol. The Morgan fingerprint density at radius 3 is 2.38 bits per heavy atom. The van der Waals surface area contributed by atoms with E-state index in [-0.39, 0.29) is 0 Å². The third-order valence-corrected chi connectivity index (χ3v) is 4.11. The normalized spacial score (nSPS) is 11.8. The van der Waals surface area contributed by atoms with E-state index in [1.54, 1.807) is 49.6 Å². The van der Waals surface area contributed by atoms with Crippen LogP contribution >= 0.6 is 23.2 Å². The summed E-state index contributed by atoms with van der Waals surface area (Å²) in [6, 6.07) is 11.8. The van der Waals surface area contributed by atoms with Crippen molar-refractivity contribution in [2.75, 3.05) is 12.4 Å². The molecule has 7 heteroatoms. The zero-order valence-corrected chi connectivity index (χ0v) is 15.7. The van der Waals surface area contributed by atoms with Crippen molar-refractivity contribution in [2.45, 2.75) is 13.0 Å². The number of anilines is 1. The minimum Gasteiger partial charge on any atom is -0.497 e. The minimum absolute atomic E-state index is 0.384. The molecular formula is C19H17Cl2NO4. The lowest BCUT2D eigenvalue weighted by Gasteiger charge is -2.12. The Bertz CT molecular complexity index is 819. The molecule has 0 saturated carbocycles. The van der Waals surface area contributed by atoms with E-state index < -0.39 is 18.0 Å². The van der Waals surface area contributed by atoms with Gasteiger partial charge in [-0.2, -0.15) is 0 Å². The number of nitrogens with one attached hydrogen (secondary N) is 1. The number of rotatable bonds is 6. The lowest BCUT2D eigenvalue weighted by molar-refractivity contribution is -0.148. The molecule has 2 rings (SSSR count). The van der Waals surface area contributed by atoms with Crippen LogP contribution in [-0.2, 0) is 14.3 Å². The van der Waals surface area contributed by atoms with Crippen molar-refractivity contribution in [1.29, 1.82) is 0 Å². The van der Waals surface area contributed by atoms with E-state index >= 15 is 0 Å². The number of carbonyl (C=O) groups is 2. The lowest BCUT2D eigenvalue weighted by atomic mass is 10.2. The molecule has 0 bridgehead atoms. The average Bonchev–Trinajstić information content (AvgIpc) is 2.63. The number of halogens is 2. The molecule has 0 spiro atoms. The zero-order valence-electron chi connectivity index (χ0n) is 14.2. The van der Waals surface area contributed by atoms with Crippen LogP contribution in [0.5, 0.6) is 5.75 Å². The Morgan fingerprint density at radius 1 is 1.08 bits per heavy atom. The Hall–Kier alpha value is -2.50. The number of hydrogen-bond acceptors (Lipinski definition) is 4. The summed E-state index contributed by atoms with van der Waals surface area (Å²) in [4.78, 5) is 23.9. The van der Waals surface area contributed by atoms with Crippen LogP contribution in [0.3, 0.4) is 0 Å². The second-order valence-corrected chi connectivity index (χ2v) is 6.12. The van der Waals surface area contributed by atoms with Gasteiger partial charge in [-0.25, -0.2) is 4.79 Å². The van der Waals surface area contributed by atoms with Gasteiger partial charge in [0, 0.05) is 11.8 Å². The quantitative estimate of drug-likeness (QED) is 0.575. The number of methoxy groups -OCH3 is 1. The molecule has 0 aliphatic heterocycles. The fraction of sp³-hybridized carbons (Fsp3) is 0.158. The van der Waals surface area contributed by atoms with Gasteiger partial charge in [0.15, 0.2) is 6.10 Å². The molecule has 1 amide bonds. The standard InChI is InChI=1S/C19H17Cl2NO4/c1-12(19(24)22-14-5-7-15(25-2)8-6-14)26-18(23)10-4-13-3-9-16(20)17(21)11-13/h3-12H,1-2H3,(H,22,24)/b10-4+/t12-/m1/s1. The molecule has 26 heavy (non-hydrogen) atoms. The molecule has 0 fully saturated rings. The molecule has 136 valence electrons. The summed E-state index contributed by atoms with van der Waals surface area (Å²) in [5.41, 5.74) is 1.26. The molecule has 0 aromatic heterocycles. The summed E-state index contributed by atoms with van der Waals surface area (Å²) < 4.78 is 10.1. The first-order chi connectivity index (χ1) is 12.4. The molecule has 0 unspecified atom stereocenters. The molecule has 1 atom stereocenters. The molecule has 5 nitrogen and oxygen atoms in total. The predicted octanol–water partition coefficient (Wildman–Crippen LogP) is 4.59. The third kappa shape index (κ3) is 5.79. The second kappa shape index (κ2) is 9.27. The van der Waals surface area contributed by atoms with Crippen LogP contribution < -0.4 is 10.1 Å². The Labute approximate surface area is 161 Å². The van der Waals surface area contributed by atoms with Gasteiger partial charge in [0.2, 0.25) is 0 Å². The van der Waals surface area contributed by atoms with Crippen LogP contribution in [0, 0.1) is 0 Å². The molecule has 1 N–H and O–H groups in total. The molecular weight excluding hydrogens is 377 g/mol. The van der Waals surface area contributed by atoms with Gasteiger partial charge < -0.3 is 14.8 Å². The van der Waals surface area contributed by atoms with Crippen LogP contribution in [0.25, 0.3) is 6.08 Å². The van der Waals surface area contributed by atoms with E-state index in [0.29, 0.717) is 27.0 Å². The van der Waals surface area contributed by atoms with Gasteiger partial charge >= 0.3 is 5.97 Å².